The number of carbonyl (C=O) groups excluding carboxylic acids is 4. The maximum absolute atomic E-state index is 13.0. The molecule has 1 aromatic rings. The van der Waals surface area contributed by atoms with Gasteiger partial charge in [0.1, 0.15) is 18.6 Å². The van der Waals surface area contributed by atoms with E-state index in [-0.39, 0.29) is 43.6 Å². The molecule has 2 atom stereocenters. The standard InChI is InChI=1S/C21H30N8O7.ClH/c1-36-21(33)25-12-17(30)28-11-3-5-16(28)19(32)27-15(4-2-10-24-20(22)23)18(31)26-13-6-8-14(9-7-13)29(34)35;/h6-9,15-16H,2-5,10-12H2,1H3,(H,25,33)(H,26,31)(H,27,32)(H4,22,23,24);1H. The number of nitrogens with zero attached hydrogens (tertiary/aromatic N) is 3. The van der Waals surface area contributed by atoms with Crippen molar-refractivity contribution in [3.8, 4) is 0 Å². The molecule has 1 fully saturated rings. The summed E-state index contributed by atoms with van der Waals surface area (Å²) >= 11 is 0. The molecule has 4 amide bonds. The van der Waals surface area contributed by atoms with Crippen molar-refractivity contribution >= 4 is 53.6 Å². The number of rotatable bonds is 11. The van der Waals surface area contributed by atoms with Gasteiger partial charge in [-0.15, -0.1) is 12.4 Å². The number of aliphatic imine (C=N–C) groups is 1. The van der Waals surface area contributed by atoms with Gasteiger partial charge in [0.15, 0.2) is 5.96 Å². The number of amides is 4. The SMILES string of the molecule is COC(=O)NCC(=O)N1CCCC1C(=O)NC(CCCN=C(N)N)C(=O)Nc1ccc([N+](=O)[O-])cc1.Cl. The second-order valence-corrected chi connectivity index (χ2v) is 7.89. The van der Waals surface area contributed by atoms with Crippen LogP contribution in [0.3, 0.4) is 0 Å². The van der Waals surface area contributed by atoms with Crippen LogP contribution in [0, 0.1) is 10.1 Å². The Balaban J connectivity index is 0.00000684. The van der Waals surface area contributed by atoms with E-state index in [2.05, 4.69) is 25.7 Å². The quantitative estimate of drug-likeness (QED) is 0.0821. The zero-order chi connectivity index (χ0) is 26.7. The van der Waals surface area contributed by atoms with Gasteiger partial charge >= 0.3 is 6.09 Å². The first-order valence-corrected chi connectivity index (χ1v) is 11.1. The summed E-state index contributed by atoms with van der Waals surface area (Å²) in [6, 6.07) is 3.43. The summed E-state index contributed by atoms with van der Waals surface area (Å²) in [5, 5.41) is 18.4. The summed E-state index contributed by atoms with van der Waals surface area (Å²) in [5.41, 5.74) is 10.8. The van der Waals surface area contributed by atoms with Crippen LogP contribution in [0.1, 0.15) is 25.7 Å². The highest BCUT2D eigenvalue weighted by molar-refractivity contribution is 5.98. The van der Waals surface area contributed by atoms with E-state index in [1.165, 1.54) is 36.3 Å². The molecule has 0 radical (unpaired) electrons. The minimum Gasteiger partial charge on any atom is -0.453 e. The Morgan fingerprint density at radius 1 is 1.24 bits per heavy atom. The third kappa shape index (κ3) is 9.79. The van der Waals surface area contributed by atoms with Crippen molar-refractivity contribution in [3.05, 3.63) is 34.4 Å². The van der Waals surface area contributed by atoms with Gasteiger partial charge in [0.2, 0.25) is 17.7 Å². The second kappa shape index (κ2) is 15.1. The first-order chi connectivity index (χ1) is 17.1. The molecular formula is C21H31ClN8O7. The van der Waals surface area contributed by atoms with Gasteiger partial charge in [-0.3, -0.25) is 29.5 Å². The van der Waals surface area contributed by atoms with E-state index in [4.69, 9.17) is 11.5 Å². The average molecular weight is 543 g/mol. The second-order valence-electron chi connectivity index (χ2n) is 7.89. The number of hydrogen-bond acceptors (Lipinski definition) is 8. The first-order valence-electron chi connectivity index (χ1n) is 11.1. The number of guanidine groups is 1. The van der Waals surface area contributed by atoms with Gasteiger partial charge in [0.05, 0.1) is 12.0 Å². The normalized spacial score (nSPS) is 14.9. The zero-order valence-electron chi connectivity index (χ0n) is 20.2. The molecule has 2 unspecified atom stereocenters. The van der Waals surface area contributed by atoms with E-state index >= 15 is 0 Å². The molecule has 0 spiro atoms. The molecule has 0 bridgehead atoms. The molecule has 15 nitrogen and oxygen atoms in total. The lowest BCUT2D eigenvalue weighted by Gasteiger charge is -2.26. The number of nitrogens with one attached hydrogen (secondary N) is 3. The highest BCUT2D eigenvalue weighted by atomic mass is 35.5. The number of benzene rings is 1. The molecule has 7 N–H and O–H groups in total. The van der Waals surface area contributed by atoms with Crippen LogP contribution in [0.2, 0.25) is 0 Å². The Morgan fingerprint density at radius 3 is 2.51 bits per heavy atom. The number of ether oxygens (including phenoxy) is 1. The third-order valence-corrected chi connectivity index (χ3v) is 5.37. The number of alkyl carbamates (subject to hydrolysis) is 1. The van der Waals surface area contributed by atoms with Crippen LogP contribution in [-0.4, -0.2) is 78.4 Å². The Hall–Kier alpha value is -4.14. The van der Waals surface area contributed by atoms with Gasteiger partial charge in [-0.2, -0.15) is 0 Å². The van der Waals surface area contributed by atoms with E-state index in [1.807, 2.05) is 0 Å². The van der Waals surface area contributed by atoms with Crippen molar-refractivity contribution in [2.75, 3.05) is 32.1 Å². The Bertz CT molecular complexity index is 1000. The van der Waals surface area contributed by atoms with E-state index in [0.29, 0.717) is 31.5 Å². The third-order valence-electron chi connectivity index (χ3n) is 5.37. The highest BCUT2D eigenvalue weighted by Crippen LogP contribution is 2.19. The lowest BCUT2D eigenvalue weighted by Crippen LogP contribution is -2.53. The predicted molar refractivity (Wildman–Crippen MR) is 136 cm³/mol. The van der Waals surface area contributed by atoms with Crippen molar-refractivity contribution < 1.29 is 28.8 Å². The van der Waals surface area contributed by atoms with E-state index in [0.717, 1.165) is 0 Å². The molecule has 1 heterocycles. The number of nitrogens with two attached hydrogens (primary N) is 2. The number of methoxy groups -OCH3 is 1. The van der Waals surface area contributed by atoms with Crippen molar-refractivity contribution in [1.29, 1.82) is 0 Å². The van der Waals surface area contributed by atoms with Crippen LogP contribution >= 0.6 is 12.4 Å². The zero-order valence-corrected chi connectivity index (χ0v) is 21.0. The monoisotopic (exact) mass is 542 g/mol. The lowest BCUT2D eigenvalue weighted by molar-refractivity contribution is -0.384. The van der Waals surface area contributed by atoms with Crippen LogP contribution < -0.4 is 27.4 Å². The smallest absolute Gasteiger partial charge is 0.407 e. The number of nitro benzene ring substituents is 1. The van der Waals surface area contributed by atoms with Gasteiger partial charge < -0.3 is 37.1 Å². The Morgan fingerprint density at radius 2 is 1.92 bits per heavy atom. The van der Waals surface area contributed by atoms with Crippen molar-refractivity contribution in [1.82, 2.24) is 15.5 Å². The maximum Gasteiger partial charge on any atom is 0.407 e. The molecule has 0 aromatic heterocycles. The molecule has 1 aliphatic rings. The molecule has 0 saturated carbocycles. The molecule has 0 aliphatic carbocycles. The van der Waals surface area contributed by atoms with Crippen LogP contribution in [0.25, 0.3) is 0 Å². The van der Waals surface area contributed by atoms with E-state index in [1.54, 1.807) is 0 Å². The average Bonchev–Trinajstić information content (AvgIpc) is 3.34. The molecule has 37 heavy (non-hydrogen) atoms. The fourth-order valence-corrected chi connectivity index (χ4v) is 3.60. The highest BCUT2D eigenvalue weighted by Gasteiger charge is 2.35. The van der Waals surface area contributed by atoms with Crippen molar-refractivity contribution in [2.24, 2.45) is 16.5 Å². The number of halogens is 1. The van der Waals surface area contributed by atoms with Gasteiger partial charge in [-0.05, 0) is 37.8 Å². The fraction of sp³-hybridized carbons (Fsp3) is 0.476. The fourth-order valence-electron chi connectivity index (χ4n) is 3.60. The summed E-state index contributed by atoms with van der Waals surface area (Å²) in [6.45, 7) is 0.218. The molecule has 1 saturated heterocycles. The van der Waals surface area contributed by atoms with Gasteiger partial charge in [0, 0.05) is 30.9 Å². The number of likely N-dealkylation sites (tertiary alicyclic amines) is 1. The summed E-state index contributed by atoms with van der Waals surface area (Å²) in [4.78, 5) is 65.2. The number of nitro groups is 1. The van der Waals surface area contributed by atoms with Crippen LogP contribution in [0.4, 0.5) is 16.2 Å². The van der Waals surface area contributed by atoms with Crippen LogP contribution in [-0.2, 0) is 19.1 Å². The molecule has 1 aliphatic heterocycles. The summed E-state index contributed by atoms with van der Waals surface area (Å²) in [6.07, 6.45) is 0.748. The molecule has 2 rings (SSSR count). The molecule has 1 aromatic carbocycles. The van der Waals surface area contributed by atoms with Crippen LogP contribution in [0.5, 0.6) is 0 Å². The summed E-state index contributed by atoms with van der Waals surface area (Å²) in [5.74, 6) is -1.64. The molecule has 16 heteroatoms. The minimum atomic E-state index is -0.993. The van der Waals surface area contributed by atoms with Gasteiger partial charge in [0.25, 0.3) is 5.69 Å². The summed E-state index contributed by atoms with van der Waals surface area (Å²) < 4.78 is 4.44. The Labute approximate surface area is 218 Å². The predicted octanol–water partition coefficient (Wildman–Crippen LogP) is -0.159. The minimum absolute atomic E-state index is 0. The number of non-ortho nitro benzene ring substituents is 1. The Kier molecular flexibility index (Phi) is 12.6. The number of hydrogen-bond donors (Lipinski definition) is 5. The van der Waals surface area contributed by atoms with Crippen molar-refractivity contribution in [2.45, 2.75) is 37.8 Å². The van der Waals surface area contributed by atoms with Gasteiger partial charge in [-0.1, -0.05) is 0 Å². The van der Waals surface area contributed by atoms with Crippen LogP contribution in [0.15, 0.2) is 29.3 Å². The molecular weight excluding hydrogens is 512 g/mol. The number of anilines is 1. The van der Waals surface area contributed by atoms with E-state index < -0.39 is 40.8 Å². The molecule has 204 valence electrons. The van der Waals surface area contributed by atoms with Gasteiger partial charge in [-0.25, -0.2) is 4.79 Å². The largest absolute Gasteiger partial charge is 0.453 e. The number of carbonyl (C=O) groups is 4. The topological polar surface area (TPSA) is 224 Å². The first kappa shape index (κ1) is 30.9. The van der Waals surface area contributed by atoms with E-state index in [9.17, 15) is 29.3 Å². The maximum atomic E-state index is 13.0. The summed E-state index contributed by atoms with van der Waals surface area (Å²) in [7, 11) is 1.17. The lowest BCUT2D eigenvalue weighted by atomic mass is 10.1. The van der Waals surface area contributed by atoms with Crippen molar-refractivity contribution in [3.63, 3.8) is 0 Å².